The molecule has 17 heavy (non-hydrogen) atoms. The second-order valence-electron chi connectivity index (χ2n) is 4.88. The minimum atomic E-state index is -4.02. The fourth-order valence-electron chi connectivity index (χ4n) is 1.62. The van der Waals surface area contributed by atoms with Crippen molar-refractivity contribution in [3.8, 4) is 0 Å². The van der Waals surface area contributed by atoms with E-state index in [1.807, 2.05) is 6.92 Å². The van der Waals surface area contributed by atoms with Crippen molar-refractivity contribution in [1.82, 2.24) is 5.32 Å². The lowest BCUT2D eigenvalue weighted by Crippen LogP contribution is -2.29. The highest BCUT2D eigenvalue weighted by atomic mass is 19.4. The molecule has 0 spiro atoms. The van der Waals surface area contributed by atoms with Gasteiger partial charge in [-0.2, -0.15) is 13.2 Å². The molecule has 0 aromatic heterocycles. The van der Waals surface area contributed by atoms with Crippen molar-refractivity contribution in [3.63, 3.8) is 0 Å². The number of rotatable bonds is 9. The predicted octanol–water partition coefficient (Wildman–Crippen LogP) is 3.12. The van der Waals surface area contributed by atoms with Crippen LogP contribution >= 0.6 is 0 Å². The van der Waals surface area contributed by atoms with Gasteiger partial charge in [0, 0.05) is 25.6 Å². The summed E-state index contributed by atoms with van der Waals surface area (Å²) in [6, 6.07) is 0.127. The van der Waals surface area contributed by atoms with Gasteiger partial charge in [0.2, 0.25) is 0 Å². The molecule has 0 bridgehead atoms. The molecular formula is C12H22F3NO. The third-order valence-corrected chi connectivity index (χ3v) is 2.89. The largest absolute Gasteiger partial charge is 0.389 e. The van der Waals surface area contributed by atoms with Gasteiger partial charge in [-0.3, -0.25) is 0 Å². The van der Waals surface area contributed by atoms with Gasteiger partial charge in [0.25, 0.3) is 0 Å². The average molecular weight is 253 g/mol. The lowest BCUT2D eigenvalue weighted by Gasteiger charge is -2.14. The maximum atomic E-state index is 11.9. The van der Waals surface area contributed by atoms with E-state index >= 15 is 0 Å². The number of ether oxygens (including phenoxy) is 1. The summed E-state index contributed by atoms with van der Waals surface area (Å²) < 4.78 is 41.1. The topological polar surface area (TPSA) is 21.3 Å². The first-order valence-electron chi connectivity index (χ1n) is 6.35. The summed E-state index contributed by atoms with van der Waals surface area (Å²) in [5.41, 5.74) is 0. The SMILES string of the molecule is CC(CCCC(F)(F)F)NCCOCC1CC1. The first-order chi connectivity index (χ1) is 7.97. The van der Waals surface area contributed by atoms with Gasteiger partial charge in [0.05, 0.1) is 6.61 Å². The molecule has 5 heteroatoms. The normalized spacial score (nSPS) is 18.4. The third kappa shape index (κ3) is 9.41. The van der Waals surface area contributed by atoms with Crippen molar-refractivity contribution in [3.05, 3.63) is 0 Å². The van der Waals surface area contributed by atoms with Crippen molar-refractivity contribution in [2.75, 3.05) is 19.8 Å². The molecule has 1 aliphatic carbocycles. The van der Waals surface area contributed by atoms with E-state index in [0.717, 1.165) is 19.1 Å². The second kappa shape index (κ2) is 7.21. The minimum Gasteiger partial charge on any atom is -0.380 e. The highest BCUT2D eigenvalue weighted by Crippen LogP contribution is 2.28. The van der Waals surface area contributed by atoms with E-state index in [1.54, 1.807) is 0 Å². The Bertz CT molecular complexity index is 204. The van der Waals surface area contributed by atoms with Crippen molar-refractivity contribution >= 4 is 0 Å². The molecule has 0 aromatic rings. The maximum absolute atomic E-state index is 11.9. The summed E-state index contributed by atoms with van der Waals surface area (Å²) in [7, 11) is 0. The first-order valence-corrected chi connectivity index (χ1v) is 6.35. The molecule has 1 rings (SSSR count). The molecule has 1 saturated carbocycles. The van der Waals surface area contributed by atoms with Gasteiger partial charge in [0.1, 0.15) is 0 Å². The Morgan fingerprint density at radius 1 is 1.35 bits per heavy atom. The van der Waals surface area contributed by atoms with Gasteiger partial charge in [-0.05, 0) is 38.5 Å². The van der Waals surface area contributed by atoms with E-state index in [1.165, 1.54) is 12.8 Å². The first kappa shape index (κ1) is 14.8. The molecular weight excluding hydrogens is 231 g/mol. The number of hydrogen-bond donors (Lipinski definition) is 1. The third-order valence-electron chi connectivity index (χ3n) is 2.89. The van der Waals surface area contributed by atoms with Crippen LogP contribution in [-0.2, 0) is 4.74 Å². The lowest BCUT2D eigenvalue weighted by molar-refractivity contribution is -0.135. The molecule has 0 aliphatic heterocycles. The fraction of sp³-hybridized carbons (Fsp3) is 1.00. The Labute approximate surface area is 101 Å². The van der Waals surface area contributed by atoms with E-state index in [9.17, 15) is 13.2 Å². The summed E-state index contributed by atoms with van der Waals surface area (Å²) in [4.78, 5) is 0. The minimum absolute atomic E-state index is 0.127. The quantitative estimate of drug-likeness (QED) is 0.637. The van der Waals surface area contributed by atoms with Crippen molar-refractivity contribution in [1.29, 1.82) is 0 Å². The number of halogens is 3. The number of nitrogens with one attached hydrogen (secondary N) is 1. The van der Waals surface area contributed by atoms with Crippen LogP contribution in [0.5, 0.6) is 0 Å². The molecule has 1 unspecified atom stereocenters. The monoisotopic (exact) mass is 253 g/mol. The molecule has 102 valence electrons. The van der Waals surface area contributed by atoms with E-state index in [-0.39, 0.29) is 12.5 Å². The van der Waals surface area contributed by atoms with Crippen LogP contribution < -0.4 is 5.32 Å². The Hall–Kier alpha value is -0.290. The van der Waals surface area contributed by atoms with E-state index in [4.69, 9.17) is 4.74 Å². The van der Waals surface area contributed by atoms with Crippen LogP contribution in [0.4, 0.5) is 13.2 Å². The van der Waals surface area contributed by atoms with Crippen LogP contribution in [-0.4, -0.2) is 32.0 Å². The van der Waals surface area contributed by atoms with Gasteiger partial charge in [0.15, 0.2) is 0 Å². The lowest BCUT2D eigenvalue weighted by atomic mass is 10.1. The Morgan fingerprint density at radius 3 is 2.65 bits per heavy atom. The van der Waals surface area contributed by atoms with Crippen LogP contribution in [0.2, 0.25) is 0 Å². The van der Waals surface area contributed by atoms with Gasteiger partial charge in [-0.25, -0.2) is 0 Å². The van der Waals surface area contributed by atoms with Gasteiger partial charge in [-0.15, -0.1) is 0 Å². The molecule has 0 heterocycles. The van der Waals surface area contributed by atoms with Crippen molar-refractivity contribution in [2.45, 2.75) is 51.2 Å². The molecule has 1 fully saturated rings. The number of hydrogen-bond acceptors (Lipinski definition) is 2. The van der Waals surface area contributed by atoms with Crippen LogP contribution in [0.3, 0.4) is 0 Å². The highest BCUT2D eigenvalue weighted by molar-refractivity contribution is 4.72. The maximum Gasteiger partial charge on any atom is 0.389 e. The van der Waals surface area contributed by atoms with Crippen LogP contribution in [0, 0.1) is 5.92 Å². The molecule has 2 nitrogen and oxygen atoms in total. The Balaban J connectivity index is 1.84. The standard InChI is InChI=1S/C12H22F3NO/c1-10(3-2-6-12(13,14)15)16-7-8-17-9-11-4-5-11/h10-11,16H,2-9H2,1H3. The Morgan fingerprint density at radius 2 is 2.06 bits per heavy atom. The average Bonchev–Trinajstić information content (AvgIpc) is 2.99. The van der Waals surface area contributed by atoms with Crippen LogP contribution in [0.25, 0.3) is 0 Å². The summed E-state index contributed by atoms with van der Waals surface area (Å²) in [6.07, 6.45) is -1.39. The molecule has 0 radical (unpaired) electrons. The zero-order chi connectivity index (χ0) is 12.7. The second-order valence-corrected chi connectivity index (χ2v) is 4.88. The summed E-state index contributed by atoms with van der Waals surface area (Å²) in [5, 5.41) is 3.17. The number of alkyl halides is 3. The van der Waals surface area contributed by atoms with E-state index in [2.05, 4.69) is 5.32 Å². The van der Waals surface area contributed by atoms with Crippen LogP contribution in [0.15, 0.2) is 0 Å². The summed E-state index contributed by atoms with van der Waals surface area (Å²) >= 11 is 0. The predicted molar refractivity (Wildman–Crippen MR) is 60.9 cm³/mol. The van der Waals surface area contributed by atoms with E-state index in [0.29, 0.717) is 13.0 Å². The fourth-order valence-corrected chi connectivity index (χ4v) is 1.62. The van der Waals surface area contributed by atoms with Gasteiger partial charge >= 0.3 is 6.18 Å². The van der Waals surface area contributed by atoms with Crippen molar-refractivity contribution < 1.29 is 17.9 Å². The van der Waals surface area contributed by atoms with Gasteiger partial charge < -0.3 is 10.1 Å². The zero-order valence-electron chi connectivity index (χ0n) is 10.4. The van der Waals surface area contributed by atoms with Gasteiger partial charge in [-0.1, -0.05) is 0 Å². The molecule has 1 atom stereocenters. The molecule has 1 N–H and O–H groups in total. The summed E-state index contributed by atoms with van der Waals surface area (Å²) in [6.45, 7) is 4.13. The molecule has 0 aromatic carbocycles. The highest BCUT2D eigenvalue weighted by Gasteiger charge is 2.26. The summed E-state index contributed by atoms with van der Waals surface area (Å²) in [5.74, 6) is 0.763. The molecule has 0 saturated heterocycles. The molecule has 0 amide bonds. The molecule has 1 aliphatic rings. The zero-order valence-corrected chi connectivity index (χ0v) is 10.4. The Kier molecular flexibility index (Phi) is 6.27. The van der Waals surface area contributed by atoms with Crippen molar-refractivity contribution in [2.24, 2.45) is 5.92 Å². The van der Waals surface area contributed by atoms with E-state index < -0.39 is 12.6 Å². The smallest absolute Gasteiger partial charge is 0.380 e. The van der Waals surface area contributed by atoms with Crippen LogP contribution in [0.1, 0.15) is 39.0 Å².